The predicted molar refractivity (Wildman–Crippen MR) is 51.8 cm³/mol. The summed E-state index contributed by atoms with van der Waals surface area (Å²) in [6.45, 7) is 1.65. The topological polar surface area (TPSA) is 86.9 Å². The summed E-state index contributed by atoms with van der Waals surface area (Å²) >= 11 is 0. The van der Waals surface area contributed by atoms with Crippen molar-refractivity contribution in [2.45, 2.75) is 25.4 Å². The summed E-state index contributed by atoms with van der Waals surface area (Å²) in [5, 5.41) is 5.26. The number of piperazine rings is 1. The molecule has 6 heteroatoms. The normalized spacial score (nSPS) is 25.9. The molecule has 0 spiro atoms. The molecule has 2 amide bonds. The second-order valence-corrected chi connectivity index (χ2v) is 3.57. The Hall–Kier alpha value is -1.85. The van der Waals surface area contributed by atoms with Gasteiger partial charge in [0.05, 0.1) is 6.33 Å². The molecule has 2 heterocycles. The minimum atomic E-state index is -0.505. The van der Waals surface area contributed by atoms with Gasteiger partial charge in [-0.2, -0.15) is 0 Å². The van der Waals surface area contributed by atoms with Crippen molar-refractivity contribution in [3.8, 4) is 0 Å². The number of hydrogen-bond donors (Lipinski definition) is 3. The largest absolute Gasteiger partial charge is 0.348 e. The van der Waals surface area contributed by atoms with Crippen molar-refractivity contribution < 1.29 is 9.59 Å². The molecule has 15 heavy (non-hydrogen) atoms. The van der Waals surface area contributed by atoms with E-state index in [0.717, 1.165) is 5.69 Å². The molecule has 1 aromatic heterocycles. The van der Waals surface area contributed by atoms with E-state index >= 15 is 0 Å². The Morgan fingerprint density at radius 3 is 2.80 bits per heavy atom. The number of nitrogens with one attached hydrogen (secondary N) is 3. The summed E-state index contributed by atoms with van der Waals surface area (Å²) in [6, 6.07) is -0.954. The van der Waals surface area contributed by atoms with Crippen LogP contribution < -0.4 is 10.6 Å². The number of carbonyl (C=O) groups is 2. The van der Waals surface area contributed by atoms with E-state index < -0.39 is 12.1 Å². The Balaban J connectivity index is 2.03. The lowest BCUT2D eigenvalue weighted by atomic mass is 10.1. The second-order valence-electron chi connectivity index (χ2n) is 3.57. The van der Waals surface area contributed by atoms with Gasteiger partial charge in [0.1, 0.15) is 12.1 Å². The molecule has 1 saturated heterocycles. The molecule has 1 aromatic rings. The van der Waals surface area contributed by atoms with Crippen LogP contribution >= 0.6 is 0 Å². The third-order valence-electron chi connectivity index (χ3n) is 2.36. The third kappa shape index (κ3) is 1.98. The van der Waals surface area contributed by atoms with Gasteiger partial charge in [0.15, 0.2) is 0 Å². The maximum atomic E-state index is 11.5. The van der Waals surface area contributed by atoms with Crippen LogP contribution in [0.2, 0.25) is 0 Å². The number of H-pyrrole nitrogens is 1. The van der Waals surface area contributed by atoms with Gasteiger partial charge in [-0.3, -0.25) is 9.59 Å². The zero-order valence-electron chi connectivity index (χ0n) is 8.28. The monoisotopic (exact) mass is 208 g/mol. The minimum absolute atomic E-state index is 0.154. The fourth-order valence-corrected chi connectivity index (χ4v) is 1.50. The SMILES string of the molecule is CC1NC(=O)C(Cc2cnc[nH]2)NC1=O. The van der Waals surface area contributed by atoms with Crippen molar-refractivity contribution >= 4 is 11.8 Å². The van der Waals surface area contributed by atoms with Crippen molar-refractivity contribution in [2.75, 3.05) is 0 Å². The van der Waals surface area contributed by atoms with Crippen LogP contribution in [-0.4, -0.2) is 33.9 Å². The molecule has 80 valence electrons. The van der Waals surface area contributed by atoms with Crippen molar-refractivity contribution in [1.82, 2.24) is 20.6 Å². The Morgan fingerprint density at radius 2 is 2.13 bits per heavy atom. The van der Waals surface area contributed by atoms with Crippen LogP contribution in [-0.2, 0) is 16.0 Å². The number of carbonyl (C=O) groups excluding carboxylic acids is 2. The van der Waals surface area contributed by atoms with E-state index in [1.54, 1.807) is 19.4 Å². The maximum Gasteiger partial charge on any atom is 0.243 e. The molecule has 2 unspecified atom stereocenters. The Kier molecular flexibility index (Phi) is 2.40. The molecule has 6 nitrogen and oxygen atoms in total. The number of imidazole rings is 1. The van der Waals surface area contributed by atoms with Crippen LogP contribution in [0.5, 0.6) is 0 Å². The Labute approximate surface area is 86.5 Å². The van der Waals surface area contributed by atoms with Gasteiger partial charge in [-0.1, -0.05) is 0 Å². The Morgan fingerprint density at radius 1 is 1.33 bits per heavy atom. The lowest BCUT2D eigenvalue weighted by Gasteiger charge is -2.27. The predicted octanol–water partition coefficient (Wildman–Crippen LogP) is -1.04. The molecule has 2 rings (SSSR count). The zero-order chi connectivity index (χ0) is 10.8. The van der Waals surface area contributed by atoms with Gasteiger partial charge in [0, 0.05) is 18.3 Å². The summed E-state index contributed by atoms with van der Waals surface area (Å²) < 4.78 is 0. The molecule has 1 aliphatic heterocycles. The first-order valence-electron chi connectivity index (χ1n) is 4.75. The van der Waals surface area contributed by atoms with Gasteiger partial charge in [-0.15, -0.1) is 0 Å². The smallest absolute Gasteiger partial charge is 0.243 e. The summed E-state index contributed by atoms with van der Waals surface area (Å²) in [6.07, 6.45) is 3.61. The van der Waals surface area contributed by atoms with E-state index in [-0.39, 0.29) is 11.8 Å². The highest BCUT2D eigenvalue weighted by molar-refractivity contribution is 5.96. The maximum absolute atomic E-state index is 11.5. The molecular formula is C9H12N4O2. The van der Waals surface area contributed by atoms with Crippen LogP contribution in [0.25, 0.3) is 0 Å². The average Bonchev–Trinajstić information content (AvgIpc) is 2.67. The van der Waals surface area contributed by atoms with E-state index in [1.807, 2.05) is 0 Å². The van der Waals surface area contributed by atoms with E-state index in [9.17, 15) is 9.59 Å². The summed E-state index contributed by atoms with van der Waals surface area (Å²) in [4.78, 5) is 29.6. The summed E-state index contributed by atoms with van der Waals surface area (Å²) in [7, 11) is 0. The van der Waals surface area contributed by atoms with Crippen molar-refractivity contribution in [3.63, 3.8) is 0 Å². The first kappa shape index (κ1) is 9.70. The molecular weight excluding hydrogens is 196 g/mol. The highest BCUT2D eigenvalue weighted by atomic mass is 16.2. The number of aromatic nitrogens is 2. The fourth-order valence-electron chi connectivity index (χ4n) is 1.50. The number of amides is 2. The van der Waals surface area contributed by atoms with Crippen molar-refractivity contribution in [2.24, 2.45) is 0 Å². The van der Waals surface area contributed by atoms with Gasteiger partial charge < -0.3 is 15.6 Å². The van der Waals surface area contributed by atoms with Crippen molar-refractivity contribution in [3.05, 3.63) is 18.2 Å². The number of nitrogens with zero attached hydrogens (tertiary/aromatic N) is 1. The van der Waals surface area contributed by atoms with E-state index in [2.05, 4.69) is 20.6 Å². The van der Waals surface area contributed by atoms with Gasteiger partial charge >= 0.3 is 0 Å². The minimum Gasteiger partial charge on any atom is -0.348 e. The van der Waals surface area contributed by atoms with E-state index in [0.29, 0.717) is 6.42 Å². The molecule has 0 aliphatic carbocycles. The molecule has 0 radical (unpaired) electrons. The lowest BCUT2D eigenvalue weighted by molar-refractivity contribution is -0.136. The lowest BCUT2D eigenvalue weighted by Crippen LogP contribution is -2.61. The van der Waals surface area contributed by atoms with Crippen LogP contribution in [0.15, 0.2) is 12.5 Å². The first-order chi connectivity index (χ1) is 7.16. The van der Waals surface area contributed by atoms with Crippen LogP contribution in [0, 0.1) is 0 Å². The molecule has 2 atom stereocenters. The van der Waals surface area contributed by atoms with Gasteiger partial charge in [-0.25, -0.2) is 4.98 Å². The molecule has 1 aliphatic rings. The summed E-state index contributed by atoms with van der Waals surface area (Å²) in [5.41, 5.74) is 0.824. The summed E-state index contributed by atoms with van der Waals surface area (Å²) in [5.74, 6) is -0.309. The van der Waals surface area contributed by atoms with Crippen molar-refractivity contribution in [1.29, 1.82) is 0 Å². The zero-order valence-corrected chi connectivity index (χ0v) is 8.28. The number of hydrogen-bond acceptors (Lipinski definition) is 3. The fraction of sp³-hybridized carbons (Fsp3) is 0.444. The Bertz CT molecular complexity index is 373. The first-order valence-corrected chi connectivity index (χ1v) is 4.75. The van der Waals surface area contributed by atoms with Gasteiger partial charge in [0.2, 0.25) is 11.8 Å². The van der Waals surface area contributed by atoms with E-state index in [1.165, 1.54) is 0 Å². The molecule has 0 bridgehead atoms. The standard InChI is InChI=1S/C9H12N4O2/c1-5-8(14)13-7(9(15)12-5)2-6-3-10-4-11-6/h3-5,7H,2H2,1H3,(H,10,11)(H,12,15)(H,13,14). The number of rotatable bonds is 2. The van der Waals surface area contributed by atoms with Crippen LogP contribution in [0.1, 0.15) is 12.6 Å². The van der Waals surface area contributed by atoms with Gasteiger partial charge in [0.25, 0.3) is 0 Å². The van der Waals surface area contributed by atoms with E-state index in [4.69, 9.17) is 0 Å². The van der Waals surface area contributed by atoms with Crippen LogP contribution in [0.4, 0.5) is 0 Å². The highest BCUT2D eigenvalue weighted by Gasteiger charge is 2.30. The highest BCUT2D eigenvalue weighted by Crippen LogP contribution is 2.03. The quantitative estimate of drug-likeness (QED) is 0.580. The molecule has 3 N–H and O–H groups in total. The average molecular weight is 208 g/mol. The molecule has 0 aromatic carbocycles. The second kappa shape index (κ2) is 3.72. The van der Waals surface area contributed by atoms with Gasteiger partial charge in [-0.05, 0) is 6.92 Å². The van der Waals surface area contributed by atoms with Crippen LogP contribution in [0.3, 0.4) is 0 Å². The number of aromatic amines is 1. The third-order valence-corrected chi connectivity index (χ3v) is 2.36. The molecule has 1 fully saturated rings. The molecule has 0 saturated carbocycles.